The van der Waals surface area contributed by atoms with Crippen LogP contribution in [0.15, 0.2) is 18.2 Å². The van der Waals surface area contributed by atoms with Gasteiger partial charge in [-0.25, -0.2) is 0 Å². The molecule has 13 heavy (non-hydrogen) atoms. The Kier molecular flexibility index (Phi) is 3.47. The van der Waals surface area contributed by atoms with Gasteiger partial charge in [-0.3, -0.25) is 4.79 Å². The van der Waals surface area contributed by atoms with Gasteiger partial charge in [-0.2, -0.15) is 0 Å². The fourth-order valence-electron chi connectivity index (χ4n) is 1.27. The lowest BCUT2D eigenvalue weighted by molar-refractivity contribution is 0.101. The van der Waals surface area contributed by atoms with E-state index in [1.54, 1.807) is 6.92 Å². The van der Waals surface area contributed by atoms with E-state index in [2.05, 4.69) is 42.5 Å². The molecule has 2 heteroatoms. The van der Waals surface area contributed by atoms with Gasteiger partial charge in [0.1, 0.15) is 0 Å². The molecule has 0 heterocycles. The summed E-state index contributed by atoms with van der Waals surface area (Å²) in [4.78, 5) is 11.2. The van der Waals surface area contributed by atoms with E-state index in [0.29, 0.717) is 5.92 Å². The van der Waals surface area contributed by atoms with Crippen molar-refractivity contribution in [2.24, 2.45) is 0 Å². The second kappa shape index (κ2) is 4.22. The molecule has 0 radical (unpaired) electrons. The monoisotopic (exact) mass is 288 g/mol. The SMILES string of the molecule is CC(=O)c1cccc(C(C)C)c1I. The number of benzene rings is 1. The van der Waals surface area contributed by atoms with Crippen LogP contribution in [0, 0.1) is 3.57 Å². The average molecular weight is 288 g/mol. The molecule has 0 atom stereocenters. The highest BCUT2D eigenvalue weighted by Gasteiger charge is 2.10. The Bertz CT molecular complexity index is 329. The Morgan fingerprint density at radius 1 is 1.38 bits per heavy atom. The van der Waals surface area contributed by atoms with E-state index in [-0.39, 0.29) is 5.78 Å². The molecule has 0 saturated heterocycles. The van der Waals surface area contributed by atoms with Gasteiger partial charge in [0.15, 0.2) is 5.78 Å². The van der Waals surface area contributed by atoms with E-state index in [0.717, 1.165) is 9.13 Å². The van der Waals surface area contributed by atoms with Crippen molar-refractivity contribution in [3.05, 3.63) is 32.9 Å². The lowest BCUT2D eigenvalue weighted by atomic mass is 10.00. The Balaban J connectivity index is 3.26. The van der Waals surface area contributed by atoms with E-state index in [9.17, 15) is 4.79 Å². The topological polar surface area (TPSA) is 17.1 Å². The molecule has 0 bridgehead atoms. The van der Waals surface area contributed by atoms with Crippen LogP contribution in [0.4, 0.5) is 0 Å². The molecule has 0 N–H and O–H groups in total. The van der Waals surface area contributed by atoms with Gasteiger partial charge in [0.05, 0.1) is 0 Å². The normalized spacial score (nSPS) is 10.5. The molecule has 1 aromatic rings. The van der Waals surface area contributed by atoms with Crippen LogP contribution in [0.25, 0.3) is 0 Å². The Hall–Kier alpha value is -0.380. The Morgan fingerprint density at radius 3 is 2.46 bits per heavy atom. The molecule has 0 aliphatic rings. The molecule has 1 aromatic carbocycles. The standard InChI is InChI=1S/C11H13IO/c1-7(2)9-5-4-6-10(8(3)13)11(9)12/h4-7H,1-3H3. The maximum atomic E-state index is 11.2. The number of rotatable bonds is 2. The minimum Gasteiger partial charge on any atom is -0.294 e. The zero-order valence-electron chi connectivity index (χ0n) is 8.10. The van der Waals surface area contributed by atoms with E-state index in [4.69, 9.17) is 0 Å². The van der Waals surface area contributed by atoms with Gasteiger partial charge in [0.25, 0.3) is 0 Å². The zero-order valence-corrected chi connectivity index (χ0v) is 10.3. The number of hydrogen-bond donors (Lipinski definition) is 0. The Morgan fingerprint density at radius 2 is 2.00 bits per heavy atom. The van der Waals surface area contributed by atoms with Crippen molar-refractivity contribution in [1.82, 2.24) is 0 Å². The summed E-state index contributed by atoms with van der Waals surface area (Å²) < 4.78 is 1.10. The third-order valence-corrected chi connectivity index (χ3v) is 3.23. The van der Waals surface area contributed by atoms with Crippen LogP contribution in [0.1, 0.15) is 42.6 Å². The van der Waals surface area contributed by atoms with Gasteiger partial charge >= 0.3 is 0 Å². The van der Waals surface area contributed by atoms with Crippen molar-refractivity contribution in [2.75, 3.05) is 0 Å². The van der Waals surface area contributed by atoms with Crippen molar-refractivity contribution >= 4 is 28.4 Å². The highest BCUT2D eigenvalue weighted by Crippen LogP contribution is 2.24. The predicted molar refractivity (Wildman–Crippen MR) is 63.3 cm³/mol. The lowest BCUT2D eigenvalue weighted by Gasteiger charge is -2.10. The molecule has 0 aliphatic carbocycles. The average Bonchev–Trinajstić information content (AvgIpc) is 2.03. The number of Topliss-reactive ketones (excluding diaryl/α,β-unsaturated/α-hetero) is 1. The van der Waals surface area contributed by atoms with Crippen LogP contribution in [-0.4, -0.2) is 5.78 Å². The van der Waals surface area contributed by atoms with Crippen molar-refractivity contribution in [1.29, 1.82) is 0 Å². The predicted octanol–water partition coefficient (Wildman–Crippen LogP) is 3.62. The fourth-order valence-corrected chi connectivity index (χ4v) is 2.63. The maximum absolute atomic E-state index is 11.2. The molecule has 0 saturated carbocycles. The van der Waals surface area contributed by atoms with Gasteiger partial charge in [-0.05, 0) is 41.0 Å². The molecule has 0 fully saturated rings. The first kappa shape index (κ1) is 10.7. The van der Waals surface area contributed by atoms with Crippen molar-refractivity contribution in [3.63, 3.8) is 0 Å². The van der Waals surface area contributed by atoms with Crippen molar-refractivity contribution in [2.45, 2.75) is 26.7 Å². The van der Waals surface area contributed by atoms with Crippen molar-refractivity contribution < 1.29 is 4.79 Å². The molecule has 1 rings (SSSR count). The number of carbonyl (C=O) groups is 1. The van der Waals surface area contributed by atoms with E-state index in [1.165, 1.54) is 5.56 Å². The summed E-state index contributed by atoms with van der Waals surface area (Å²) >= 11 is 2.25. The molecule has 0 amide bonds. The summed E-state index contributed by atoms with van der Waals surface area (Å²) in [5.74, 6) is 0.623. The minimum absolute atomic E-state index is 0.145. The number of carbonyl (C=O) groups excluding carboxylic acids is 1. The van der Waals surface area contributed by atoms with Crippen LogP contribution in [0.3, 0.4) is 0 Å². The second-order valence-corrected chi connectivity index (χ2v) is 4.50. The van der Waals surface area contributed by atoms with Gasteiger partial charge in [-0.15, -0.1) is 0 Å². The quantitative estimate of drug-likeness (QED) is 0.600. The summed E-state index contributed by atoms with van der Waals surface area (Å²) in [6, 6.07) is 5.92. The maximum Gasteiger partial charge on any atom is 0.160 e. The first-order valence-electron chi connectivity index (χ1n) is 4.33. The van der Waals surface area contributed by atoms with E-state index < -0.39 is 0 Å². The molecule has 0 spiro atoms. The molecule has 1 nitrogen and oxygen atoms in total. The number of ketones is 1. The van der Waals surface area contributed by atoms with Crippen LogP contribution in [-0.2, 0) is 0 Å². The smallest absolute Gasteiger partial charge is 0.160 e. The van der Waals surface area contributed by atoms with Gasteiger partial charge in [0, 0.05) is 9.13 Å². The number of halogens is 1. The largest absolute Gasteiger partial charge is 0.294 e. The molecular weight excluding hydrogens is 275 g/mol. The second-order valence-electron chi connectivity index (χ2n) is 3.42. The lowest BCUT2D eigenvalue weighted by Crippen LogP contribution is -2.01. The summed E-state index contributed by atoms with van der Waals surface area (Å²) in [5.41, 5.74) is 2.10. The van der Waals surface area contributed by atoms with Gasteiger partial charge < -0.3 is 0 Å². The van der Waals surface area contributed by atoms with Crippen molar-refractivity contribution in [3.8, 4) is 0 Å². The third-order valence-electron chi connectivity index (χ3n) is 2.03. The highest BCUT2D eigenvalue weighted by molar-refractivity contribution is 14.1. The summed E-state index contributed by atoms with van der Waals surface area (Å²) in [6.45, 7) is 5.89. The number of hydrogen-bond acceptors (Lipinski definition) is 1. The third kappa shape index (κ3) is 2.30. The molecule has 0 unspecified atom stereocenters. The first-order chi connectivity index (χ1) is 6.04. The summed E-state index contributed by atoms with van der Waals surface area (Å²) in [7, 11) is 0. The van der Waals surface area contributed by atoms with Crippen LogP contribution >= 0.6 is 22.6 Å². The Labute approximate surface area is 92.7 Å². The molecular formula is C11H13IO. The van der Waals surface area contributed by atoms with Gasteiger partial charge in [0.2, 0.25) is 0 Å². The van der Waals surface area contributed by atoms with Crippen LogP contribution < -0.4 is 0 Å². The minimum atomic E-state index is 0.145. The zero-order chi connectivity index (χ0) is 10.0. The van der Waals surface area contributed by atoms with E-state index in [1.807, 2.05) is 12.1 Å². The van der Waals surface area contributed by atoms with E-state index >= 15 is 0 Å². The molecule has 0 aliphatic heterocycles. The highest BCUT2D eigenvalue weighted by atomic mass is 127. The molecule has 0 aromatic heterocycles. The summed E-state index contributed by atoms with van der Waals surface area (Å²) in [6.07, 6.45) is 0. The first-order valence-corrected chi connectivity index (χ1v) is 5.41. The van der Waals surface area contributed by atoms with Crippen LogP contribution in [0.2, 0.25) is 0 Å². The fraction of sp³-hybridized carbons (Fsp3) is 0.364. The molecule has 70 valence electrons. The van der Waals surface area contributed by atoms with Crippen LogP contribution in [0.5, 0.6) is 0 Å². The summed E-state index contributed by atoms with van der Waals surface area (Å²) in [5, 5.41) is 0. The van der Waals surface area contributed by atoms with Gasteiger partial charge in [-0.1, -0.05) is 32.0 Å².